The van der Waals surface area contributed by atoms with Crippen LogP contribution in [0.4, 0.5) is 11.4 Å². The minimum atomic E-state index is 0.633. The standard InChI is InChI=1S/C15H27N3/c1-12(2)18(4)10-6-5-9-17-15-11-14(16)8-7-13(15)3/h7-8,11-12,17H,5-6,9-10,16H2,1-4H3. The summed E-state index contributed by atoms with van der Waals surface area (Å²) >= 11 is 0. The molecule has 0 aromatic heterocycles. The number of hydrogen-bond donors (Lipinski definition) is 2. The van der Waals surface area contributed by atoms with E-state index in [-0.39, 0.29) is 0 Å². The van der Waals surface area contributed by atoms with Crippen molar-refractivity contribution >= 4 is 11.4 Å². The lowest BCUT2D eigenvalue weighted by atomic mass is 10.1. The molecule has 0 aliphatic heterocycles. The zero-order chi connectivity index (χ0) is 13.5. The molecule has 3 N–H and O–H groups in total. The van der Waals surface area contributed by atoms with Crippen LogP contribution in [0.3, 0.4) is 0 Å². The molecule has 0 aliphatic carbocycles. The molecule has 102 valence electrons. The van der Waals surface area contributed by atoms with Gasteiger partial charge in [0.2, 0.25) is 0 Å². The molecule has 0 saturated carbocycles. The molecule has 0 aliphatic rings. The quantitative estimate of drug-likeness (QED) is 0.576. The van der Waals surface area contributed by atoms with E-state index in [2.05, 4.69) is 44.1 Å². The molecule has 0 spiro atoms. The molecular weight excluding hydrogens is 222 g/mol. The Labute approximate surface area is 111 Å². The van der Waals surface area contributed by atoms with Crippen LogP contribution in [0.2, 0.25) is 0 Å². The fraction of sp³-hybridized carbons (Fsp3) is 0.600. The maximum Gasteiger partial charge on any atom is 0.0390 e. The summed E-state index contributed by atoms with van der Waals surface area (Å²) in [5, 5.41) is 3.46. The van der Waals surface area contributed by atoms with E-state index in [1.54, 1.807) is 0 Å². The first-order chi connectivity index (χ1) is 8.50. The molecule has 0 amide bonds. The van der Waals surface area contributed by atoms with Gasteiger partial charge in [-0.15, -0.1) is 0 Å². The lowest BCUT2D eigenvalue weighted by molar-refractivity contribution is 0.269. The average Bonchev–Trinajstić information content (AvgIpc) is 2.32. The van der Waals surface area contributed by atoms with Gasteiger partial charge in [-0.3, -0.25) is 0 Å². The highest BCUT2D eigenvalue weighted by Gasteiger charge is 2.02. The fourth-order valence-corrected chi connectivity index (χ4v) is 1.80. The summed E-state index contributed by atoms with van der Waals surface area (Å²) < 4.78 is 0. The van der Waals surface area contributed by atoms with Crippen LogP contribution in [0.1, 0.15) is 32.3 Å². The maximum atomic E-state index is 5.78. The maximum absolute atomic E-state index is 5.78. The second kappa shape index (κ2) is 7.27. The summed E-state index contributed by atoms with van der Waals surface area (Å²) in [5.74, 6) is 0. The van der Waals surface area contributed by atoms with Crippen molar-refractivity contribution in [3.05, 3.63) is 23.8 Å². The molecule has 3 nitrogen and oxygen atoms in total. The molecule has 1 aromatic rings. The third-order valence-corrected chi connectivity index (χ3v) is 3.40. The van der Waals surface area contributed by atoms with Crippen molar-refractivity contribution in [3.63, 3.8) is 0 Å². The van der Waals surface area contributed by atoms with Gasteiger partial charge >= 0.3 is 0 Å². The van der Waals surface area contributed by atoms with Crippen molar-refractivity contribution in [2.75, 3.05) is 31.2 Å². The first-order valence-corrected chi connectivity index (χ1v) is 6.81. The number of nitrogens with zero attached hydrogens (tertiary/aromatic N) is 1. The Morgan fingerprint density at radius 2 is 2.00 bits per heavy atom. The zero-order valence-corrected chi connectivity index (χ0v) is 12.2. The van der Waals surface area contributed by atoms with Crippen LogP contribution in [0.5, 0.6) is 0 Å². The van der Waals surface area contributed by atoms with E-state index in [9.17, 15) is 0 Å². The molecule has 18 heavy (non-hydrogen) atoms. The molecule has 1 aromatic carbocycles. The number of nitrogens with two attached hydrogens (primary N) is 1. The monoisotopic (exact) mass is 249 g/mol. The van der Waals surface area contributed by atoms with E-state index in [1.807, 2.05) is 12.1 Å². The summed E-state index contributed by atoms with van der Waals surface area (Å²) in [7, 11) is 2.18. The molecule has 0 heterocycles. The highest BCUT2D eigenvalue weighted by Crippen LogP contribution is 2.17. The second-order valence-electron chi connectivity index (χ2n) is 5.28. The fourth-order valence-electron chi connectivity index (χ4n) is 1.80. The van der Waals surface area contributed by atoms with Gasteiger partial charge in [-0.2, -0.15) is 0 Å². The topological polar surface area (TPSA) is 41.3 Å². The Balaban J connectivity index is 2.24. The summed E-state index contributed by atoms with van der Waals surface area (Å²) in [6.45, 7) is 8.74. The van der Waals surface area contributed by atoms with E-state index in [0.717, 1.165) is 24.5 Å². The smallest absolute Gasteiger partial charge is 0.0390 e. The predicted molar refractivity (Wildman–Crippen MR) is 81.1 cm³/mol. The summed E-state index contributed by atoms with van der Waals surface area (Å²) in [6.07, 6.45) is 2.41. The Morgan fingerprint density at radius 3 is 2.67 bits per heavy atom. The molecule has 0 saturated heterocycles. The van der Waals surface area contributed by atoms with Gasteiger partial charge in [0.1, 0.15) is 0 Å². The van der Waals surface area contributed by atoms with E-state index < -0.39 is 0 Å². The molecular formula is C15H27N3. The first-order valence-electron chi connectivity index (χ1n) is 6.81. The molecule has 0 radical (unpaired) electrons. The second-order valence-corrected chi connectivity index (χ2v) is 5.28. The minimum absolute atomic E-state index is 0.633. The van der Waals surface area contributed by atoms with Gasteiger partial charge < -0.3 is 16.0 Å². The van der Waals surface area contributed by atoms with Crippen LogP contribution in [0, 0.1) is 6.92 Å². The summed E-state index contributed by atoms with van der Waals surface area (Å²) in [4.78, 5) is 2.38. The van der Waals surface area contributed by atoms with E-state index in [4.69, 9.17) is 5.73 Å². The normalized spacial score (nSPS) is 11.2. The summed E-state index contributed by atoms with van der Waals surface area (Å²) in [6, 6.07) is 6.65. The van der Waals surface area contributed by atoms with Crippen molar-refractivity contribution in [2.24, 2.45) is 0 Å². The molecule has 0 fully saturated rings. The molecule has 1 rings (SSSR count). The molecule has 0 bridgehead atoms. The SMILES string of the molecule is Cc1ccc(N)cc1NCCCCN(C)C(C)C. The van der Waals surface area contributed by atoms with Gasteiger partial charge in [-0.1, -0.05) is 6.07 Å². The number of nitrogens with one attached hydrogen (secondary N) is 1. The van der Waals surface area contributed by atoms with Crippen molar-refractivity contribution in [2.45, 2.75) is 39.7 Å². The van der Waals surface area contributed by atoms with Crippen LogP contribution in [0.15, 0.2) is 18.2 Å². The number of aryl methyl sites for hydroxylation is 1. The third kappa shape index (κ3) is 4.96. The van der Waals surface area contributed by atoms with Crippen molar-refractivity contribution < 1.29 is 0 Å². The predicted octanol–water partition coefficient (Wildman–Crippen LogP) is 3.11. The summed E-state index contributed by atoms with van der Waals surface area (Å²) in [5.41, 5.74) is 9.02. The average molecular weight is 249 g/mol. The van der Waals surface area contributed by atoms with Gasteiger partial charge in [-0.25, -0.2) is 0 Å². The highest BCUT2D eigenvalue weighted by atomic mass is 15.1. The van der Waals surface area contributed by atoms with Crippen molar-refractivity contribution in [3.8, 4) is 0 Å². The van der Waals surface area contributed by atoms with Crippen LogP contribution in [0.25, 0.3) is 0 Å². The number of unbranched alkanes of at least 4 members (excludes halogenated alkanes) is 1. The van der Waals surface area contributed by atoms with Crippen LogP contribution < -0.4 is 11.1 Å². The molecule has 3 heteroatoms. The molecule has 0 unspecified atom stereocenters. The minimum Gasteiger partial charge on any atom is -0.399 e. The van der Waals surface area contributed by atoms with Crippen LogP contribution >= 0.6 is 0 Å². The largest absolute Gasteiger partial charge is 0.399 e. The Morgan fingerprint density at radius 1 is 1.28 bits per heavy atom. The number of hydrogen-bond acceptors (Lipinski definition) is 3. The van der Waals surface area contributed by atoms with Crippen LogP contribution in [-0.2, 0) is 0 Å². The third-order valence-electron chi connectivity index (χ3n) is 3.40. The van der Waals surface area contributed by atoms with E-state index in [0.29, 0.717) is 6.04 Å². The van der Waals surface area contributed by atoms with Gasteiger partial charge in [-0.05, 0) is 64.9 Å². The van der Waals surface area contributed by atoms with Gasteiger partial charge in [0.25, 0.3) is 0 Å². The Bertz CT molecular complexity index is 361. The van der Waals surface area contributed by atoms with Gasteiger partial charge in [0.05, 0.1) is 0 Å². The van der Waals surface area contributed by atoms with Crippen LogP contribution in [-0.4, -0.2) is 31.1 Å². The number of nitrogen functional groups attached to an aromatic ring is 1. The highest BCUT2D eigenvalue weighted by molar-refractivity contribution is 5.59. The van der Waals surface area contributed by atoms with Crippen molar-refractivity contribution in [1.82, 2.24) is 4.90 Å². The van der Waals surface area contributed by atoms with Gasteiger partial charge in [0.15, 0.2) is 0 Å². The number of benzene rings is 1. The molecule has 0 atom stereocenters. The first kappa shape index (κ1) is 14.8. The van der Waals surface area contributed by atoms with Crippen molar-refractivity contribution in [1.29, 1.82) is 0 Å². The number of rotatable bonds is 7. The lowest BCUT2D eigenvalue weighted by Gasteiger charge is -2.20. The van der Waals surface area contributed by atoms with E-state index >= 15 is 0 Å². The Kier molecular flexibility index (Phi) is 5.99. The number of anilines is 2. The lowest BCUT2D eigenvalue weighted by Crippen LogP contribution is -2.27. The zero-order valence-electron chi connectivity index (χ0n) is 12.2. The van der Waals surface area contributed by atoms with Gasteiger partial charge in [0, 0.05) is 24.0 Å². The van der Waals surface area contributed by atoms with E-state index in [1.165, 1.54) is 18.4 Å². The Hall–Kier alpha value is -1.22.